The van der Waals surface area contributed by atoms with E-state index in [1.807, 2.05) is 6.07 Å². The first kappa shape index (κ1) is 9.93. The summed E-state index contributed by atoms with van der Waals surface area (Å²) >= 11 is 0. The summed E-state index contributed by atoms with van der Waals surface area (Å²) in [4.78, 5) is 0. The monoisotopic (exact) mass is 220 g/mol. The molecular formula is C12H16N2O2. The molecule has 3 rings (SSSR count). The molecule has 4 nitrogen and oxygen atoms in total. The van der Waals surface area contributed by atoms with E-state index in [9.17, 15) is 5.11 Å². The molecule has 0 aromatic heterocycles. The van der Waals surface area contributed by atoms with Crippen molar-refractivity contribution in [2.45, 2.75) is 24.5 Å². The fourth-order valence-electron chi connectivity index (χ4n) is 2.75. The minimum absolute atomic E-state index is 0.134. The molecular weight excluding hydrogens is 204 g/mol. The second kappa shape index (κ2) is 3.37. The van der Waals surface area contributed by atoms with E-state index >= 15 is 0 Å². The summed E-state index contributed by atoms with van der Waals surface area (Å²) in [7, 11) is 0. The molecule has 2 atom stereocenters. The van der Waals surface area contributed by atoms with Gasteiger partial charge in [-0.15, -0.1) is 0 Å². The number of rotatable bonds is 0. The zero-order valence-electron chi connectivity index (χ0n) is 9.07. The number of phenolic OH excluding ortho intramolecular Hbond substituents is 1. The summed E-state index contributed by atoms with van der Waals surface area (Å²) in [5, 5.41) is 13.1. The van der Waals surface area contributed by atoms with Gasteiger partial charge in [0.25, 0.3) is 0 Å². The van der Waals surface area contributed by atoms with Crippen molar-refractivity contribution in [3.63, 3.8) is 0 Å². The normalized spacial score (nSPS) is 32.4. The molecule has 0 amide bonds. The predicted molar refractivity (Wildman–Crippen MR) is 60.5 cm³/mol. The van der Waals surface area contributed by atoms with E-state index in [4.69, 9.17) is 10.5 Å². The number of phenols is 1. The highest BCUT2D eigenvalue weighted by atomic mass is 16.5. The summed E-state index contributed by atoms with van der Waals surface area (Å²) in [6.07, 6.45) is 1.75. The molecule has 2 unspecified atom stereocenters. The summed E-state index contributed by atoms with van der Waals surface area (Å²) in [5.74, 6) is 0.980. The number of ether oxygens (including phenoxy) is 1. The second-order valence-electron chi connectivity index (χ2n) is 4.71. The van der Waals surface area contributed by atoms with Gasteiger partial charge >= 0.3 is 0 Å². The molecule has 1 aromatic rings. The number of aromatic hydroxyl groups is 1. The van der Waals surface area contributed by atoms with Gasteiger partial charge in [0.2, 0.25) is 0 Å². The number of fused-ring (bicyclic) bond motifs is 1. The molecule has 2 aliphatic rings. The molecule has 0 saturated carbocycles. The maximum Gasteiger partial charge on any atom is 0.128 e. The van der Waals surface area contributed by atoms with Crippen molar-refractivity contribution in [3.05, 3.63) is 23.8 Å². The van der Waals surface area contributed by atoms with Crippen LogP contribution in [-0.2, 0) is 0 Å². The lowest BCUT2D eigenvalue weighted by atomic mass is 9.86. The van der Waals surface area contributed by atoms with Crippen LogP contribution in [0.5, 0.6) is 11.5 Å². The third-order valence-corrected chi connectivity index (χ3v) is 3.54. The first-order chi connectivity index (χ1) is 7.70. The Bertz CT molecular complexity index is 413. The van der Waals surface area contributed by atoms with Crippen molar-refractivity contribution in [2.24, 2.45) is 5.73 Å². The largest absolute Gasteiger partial charge is 0.507 e. The molecule has 2 aliphatic heterocycles. The molecule has 2 heterocycles. The van der Waals surface area contributed by atoms with Gasteiger partial charge < -0.3 is 20.9 Å². The van der Waals surface area contributed by atoms with E-state index in [1.54, 1.807) is 12.1 Å². The Morgan fingerprint density at radius 3 is 3.12 bits per heavy atom. The maximum absolute atomic E-state index is 9.78. The van der Waals surface area contributed by atoms with Crippen LogP contribution < -0.4 is 15.8 Å². The average molecular weight is 220 g/mol. The average Bonchev–Trinajstić information content (AvgIpc) is 2.65. The third kappa shape index (κ3) is 1.37. The van der Waals surface area contributed by atoms with Gasteiger partial charge in [-0.2, -0.15) is 0 Å². The van der Waals surface area contributed by atoms with Gasteiger partial charge in [0.05, 0.1) is 5.56 Å². The van der Waals surface area contributed by atoms with E-state index < -0.39 is 0 Å². The highest BCUT2D eigenvalue weighted by molar-refractivity contribution is 5.48. The van der Waals surface area contributed by atoms with Crippen LogP contribution in [0, 0.1) is 0 Å². The van der Waals surface area contributed by atoms with Crippen LogP contribution in [0.15, 0.2) is 18.2 Å². The Morgan fingerprint density at radius 1 is 1.50 bits per heavy atom. The van der Waals surface area contributed by atoms with Crippen LogP contribution in [-0.4, -0.2) is 23.8 Å². The van der Waals surface area contributed by atoms with Crippen molar-refractivity contribution in [2.75, 3.05) is 13.1 Å². The van der Waals surface area contributed by atoms with Crippen molar-refractivity contribution in [1.82, 2.24) is 5.32 Å². The Morgan fingerprint density at radius 2 is 2.38 bits per heavy atom. The quantitative estimate of drug-likeness (QED) is 0.608. The van der Waals surface area contributed by atoms with Gasteiger partial charge in [0, 0.05) is 25.4 Å². The number of nitrogens with two attached hydrogens (primary N) is 1. The van der Waals surface area contributed by atoms with Crippen LogP contribution in [0.2, 0.25) is 0 Å². The molecule has 4 heteroatoms. The summed E-state index contributed by atoms with van der Waals surface area (Å²) in [6, 6.07) is 5.20. The van der Waals surface area contributed by atoms with E-state index in [2.05, 4.69) is 5.32 Å². The molecule has 1 fully saturated rings. The van der Waals surface area contributed by atoms with Crippen molar-refractivity contribution >= 4 is 0 Å². The SMILES string of the molecule is NC1CC2(CCNC2)Oc2cccc(O)c21. The van der Waals surface area contributed by atoms with Gasteiger partial charge in [-0.25, -0.2) is 0 Å². The molecule has 4 N–H and O–H groups in total. The zero-order chi connectivity index (χ0) is 11.2. The Labute approximate surface area is 94.4 Å². The molecule has 16 heavy (non-hydrogen) atoms. The number of hydrogen-bond donors (Lipinski definition) is 3. The Hall–Kier alpha value is -1.26. The smallest absolute Gasteiger partial charge is 0.128 e. The van der Waals surface area contributed by atoms with Gasteiger partial charge in [-0.3, -0.25) is 0 Å². The minimum atomic E-state index is -0.166. The lowest BCUT2D eigenvalue weighted by Gasteiger charge is -2.38. The zero-order valence-corrected chi connectivity index (χ0v) is 9.07. The highest BCUT2D eigenvalue weighted by Gasteiger charge is 2.42. The summed E-state index contributed by atoms with van der Waals surface area (Å²) in [5.41, 5.74) is 6.72. The summed E-state index contributed by atoms with van der Waals surface area (Å²) in [6.45, 7) is 1.82. The van der Waals surface area contributed by atoms with Crippen LogP contribution in [0.3, 0.4) is 0 Å². The Kier molecular flexibility index (Phi) is 2.09. The summed E-state index contributed by atoms with van der Waals surface area (Å²) < 4.78 is 6.03. The Balaban J connectivity index is 2.02. The van der Waals surface area contributed by atoms with Crippen LogP contribution in [0.4, 0.5) is 0 Å². The standard InChI is InChI=1S/C12H16N2O2/c13-8-6-12(4-5-14-7-12)16-10-3-1-2-9(15)11(8)10/h1-3,8,14-15H,4-7,13H2. The molecule has 0 radical (unpaired) electrons. The third-order valence-electron chi connectivity index (χ3n) is 3.54. The van der Waals surface area contributed by atoms with Gasteiger partial charge in [0.15, 0.2) is 0 Å². The fourth-order valence-corrected chi connectivity index (χ4v) is 2.75. The number of benzene rings is 1. The van der Waals surface area contributed by atoms with Crippen molar-refractivity contribution in [1.29, 1.82) is 0 Å². The van der Waals surface area contributed by atoms with E-state index in [-0.39, 0.29) is 17.4 Å². The van der Waals surface area contributed by atoms with Crippen LogP contribution in [0.25, 0.3) is 0 Å². The van der Waals surface area contributed by atoms with Crippen LogP contribution in [0.1, 0.15) is 24.4 Å². The highest BCUT2D eigenvalue weighted by Crippen LogP contribution is 2.44. The van der Waals surface area contributed by atoms with E-state index in [0.29, 0.717) is 0 Å². The molecule has 1 saturated heterocycles. The van der Waals surface area contributed by atoms with Crippen molar-refractivity contribution < 1.29 is 9.84 Å². The molecule has 1 aromatic carbocycles. The molecule has 0 bridgehead atoms. The topological polar surface area (TPSA) is 67.5 Å². The number of hydrogen-bond acceptors (Lipinski definition) is 4. The first-order valence-corrected chi connectivity index (χ1v) is 5.67. The van der Waals surface area contributed by atoms with Gasteiger partial charge in [-0.05, 0) is 18.7 Å². The molecule has 1 spiro atoms. The first-order valence-electron chi connectivity index (χ1n) is 5.67. The predicted octanol–water partition coefficient (Wildman–Crippen LogP) is 0.907. The molecule has 86 valence electrons. The number of nitrogens with one attached hydrogen (secondary N) is 1. The fraction of sp³-hybridized carbons (Fsp3) is 0.500. The van der Waals surface area contributed by atoms with E-state index in [1.165, 1.54) is 0 Å². The maximum atomic E-state index is 9.78. The van der Waals surface area contributed by atoms with Gasteiger partial charge in [-0.1, -0.05) is 6.07 Å². The minimum Gasteiger partial charge on any atom is -0.507 e. The molecule has 0 aliphatic carbocycles. The second-order valence-corrected chi connectivity index (χ2v) is 4.71. The lowest BCUT2D eigenvalue weighted by Crippen LogP contribution is -2.44. The van der Waals surface area contributed by atoms with Crippen molar-refractivity contribution in [3.8, 4) is 11.5 Å². The van der Waals surface area contributed by atoms with Crippen LogP contribution >= 0.6 is 0 Å². The lowest BCUT2D eigenvalue weighted by molar-refractivity contribution is 0.0544. The van der Waals surface area contributed by atoms with Gasteiger partial charge in [0.1, 0.15) is 17.1 Å². The van der Waals surface area contributed by atoms with E-state index in [0.717, 1.165) is 37.2 Å².